The van der Waals surface area contributed by atoms with Crippen molar-refractivity contribution in [2.24, 2.45) is 0 Å². The zero-order valence-corrected chi connectivity index (χ0v) is 12.0. The summed E-state index contributed by atoms with van der Waals surface area (Å²) in [7, 11) is -2.89. The van der Waals surface area contributed by atoms with Crippen LogP contribution < -0.4 is 5.32 Å². The fourth-order valence-electron chi connectivity index (χ4n) is 1.61. The van der Waals surface area contributed by atoms with Crippen LogP contribution in [0, 0.1) is 0 Å². The molecule has 1 aromatic carbocycles. The van der Waals surface area contributed by atoms with Crippen molar-refractivity contribution >= 4 is 36.5 Å². The Morgan fingerprint density at radius 1 is 1.39 bits per heavy atom. The summed E-state index contributed by atoms with van der Waals surface area (Å²) in [6, 6.07) is 8.04. The quantitative estimate of drug-likeness (QED) is 0.916. The van der Waals surface area contributed by atoms with Gasteiger partial charge in [0, 0.05) is 12.3 Å². The van der Waals surface area contributed by atoms with E-state index < -0.39 is 9.84 Å². The maximum atomic E-state index is 11.1. The Balaban J connectivity index is 2.00. The minimum absolute atomic E-state index is 0.0975. The first-order chi connectivity index (χ1) is 8.44. The zero-order chi connectivity index (χ0) is 13.2. The average molecular weight is 284 g/mol. The summed E-state index contributed by atoms with van der Waals surface area (Å²) in [6.45, 7) is 1.97. The molecular formula is C12H16N2O2S2. The molecule has 0 amide bonds. The molecule has 1 N–H and O–H groups in total. The minimum atomic E-state index is -2.89. The van der Waals surface area contributed by atoms with Gasteiger partial charge < -0.3 is 5.32 Å². The van der Waals surface area contributed by atoms with E-state index in [1.54, 1.807) is 11.3 Å². The summed E-state index contributed by atoms with van der Waals surface area (Å²) in [5.74, 6) is 0.200. The number of rotatable bonds is 5. The van der Waals surface area contributed by atoms with Crippen LogP contribution in [0.5, 0.6) is 0 Å². The van der Waals surface area contributed by atoms with Gasteiger partial charge in [0.2, 0.25) is 0 Å². The molecule has 1 atom stereocenters. The number of hydrogen-bond donors (Lipinski definition) is 1. The fourth-order valence-corrected chi connectivity index (χ4v) is 3.37. The molecule has 0 aliphatic carbocycles. The maximum absolute atomic E-state index is 11.1. The van der Waals surface area contributed by atoms with E-state index in [0.717, 1.165) is 15.3 Å². The van der Waals surface area contributed by atoms with Crippen LogP contribution in [0.1, 0.15) is 13.3 Å². The lowest BCUT2D eigenvalue weighted by atomic mass is 10.3. The van der Waals surface area contributed by atoms with Gasteiger partial charge in [0.15, 0.2) is 5.13 Å². The zero-order valence-electron chi connectivity index (χ0n) is 10.4. The van der Waals surface area contributed by atoms with Crippen LogP contribution in [0.4, 0.5) is 5.13 Å². The van der Waals surface area contributed by atoms with E-state index in [2.05, 4.69) is 10.3 Å². The standard InChI is InChI=1S/C12H16N2O2S2/c1-9(7-8-18(2,15)16)13-12-14-10-5-3-4-6-11(10)17-12/h3-6,9H,7-8H2,1-2H3,(H,13,14). The van der Waals surface area contributed by atoms with Gasteiger partial charge in [0.1, 0.15) is 9.84 Å². The van der Waals surface area contributed by atoms with E-state index in [1.807, 2.05) is 31.2 Å². The largest absolute Gasteiger partial charge is 0.359 e. The normalized spacial score (nSPS) is 13.7. The second-order valence-corrected chi connectivity index (χ2v) is 7.74. The molecule has 0 aliphatic heterocycles. The molecule has 0 radical (unpaired) electrons. The summed E-state index contributed by atoms with van der Waals surface area (Å²) in [5, 5.41) is 4.09. The SMILES string of the molecule is CC(CCS(C)(=O)=O)Nc1nc2ccccc2s1. The highest BCUT2D eigenvalue weighted by Crippen LogP contribution is 2.26. The van der Waals surface area contributed by atoms with E-state index in [1.165, 1.54) is 6.26 Å². The van der Waals surface area contributed by atoms with Crippen LogP contribution in [0.3, 0.4) is 0 Å². The molecule has 0 spiro atoms. The first kappa shape index (κ1) is 13.3. The fraction of sp³-hybridized carbons (Fsp3) is 0.417. The van der Waals surface area contributed by atoms with Gasteiger partial charge in [0.25, 0.3) is 0 Å². The van der Waals surface area contributed by atoms with E-state index in [-0.39, 0.29) is 11.8 Å². The Bertz CT molecular complexity index is 601. The molecule has 1 aromatic heterocycles. The molecule has 1 unspecified atom stereocenters. The lowest BCUT2D eigenvalue weighted by Crippen LogP contribution is -2.19. The number of thiazole rings is 1. The summed E-state index contributed by atoms with van der Waals surface area (Å²) >= 11 is 1.59. The number of benzene rings is 1. The lowest BCUT2D eigenvalue weighted by Gasteiger charge is -2.11. The predicted molar refractivity (Wildman–Crippen MR) is 77.0 cm³/mol. The van der Waals surface area contributed by atoms with Crippen LogP contribution in [-0.2, 0) is 9.84 Å². The number of nitrogens with zero attached hydrogens (tertiary/aromatic N) is 1. The smallest absolute Gasteiger partial charge is 0.183 e. The Morgan fingerprint density at radius 3 is 2.78 bits per heavy atom. The molecule has 98 valence electrons. The van der Waals surface area contributed by atoms with Gasteiger partial charge in [-0.2, -0.15) is 0 Å². The van der Waals surface area contributed by atoms with Gasteiger partial charge in [-0.25, -0.2) is 13.4 Å². The van der Waals surface area contributed by atoms with Gasteiger partial charge >= 0.3 is 0 Å². The second-order valence-electron chi connectivity index (χ2n) is 4.45. The summed E-state index contributed by atoms with van der Waals surface area (Å²) < 4.78 is 23.3. The first-order valence-corrected chi connectivity index (χ1v) is 8.61. The number of anilines is 1. The number of hydrogen-bond acceptors (Lipinski definition) is 5. The molecule has 0 aliphatic rings. The third-order valence-electron chi connectivity index (χ3n) is 2.59. The highest BCUT2D eigenvalue weighted by atomic mass is 32.2. The molecule has 0 saturated carbocycles. The van der Waals surface area contributed by atoms with Crippen molar-refractivity contribution in [1.82, 2.24) is 4.98 Å². The predicted octanol–water partition coefficient (Wildman–Crippen LogP) is 2.53. The molecule has 18 heavy (non-hydrogen) atoms. The van der Waals surface area contributed by atoms with E-state index in [9.17, 15) is 8.42 Å². The van der Waals surface area contributed by atoms with Crippen LogP contribution in [-0.4, -0.2) is 31.5 Å². The van der Waals surface area contributed by atoms with E-state index in [0.29, 0.717) is 6.42 Å². The van der Waals surface area contributed by atoms with Crippen LogP contribution in [0.2, 0.25) is 0 Å². The lowest BCUT2D eigenvalue weighted by molar-refractivity contribution is 0.595. The van der Waals surface area contributed by atoms with Crippen molar-refractivity contribution in [2.45, 2.75) is 19.4 Å². The molecule has 0 bridgehead atoms. The summed E-state index contributed by atoms with van der Waals surface area (Å²) in [4.78, 5) is 4.46. The van der Waals surface area contributed by atoms with Crippen molar-refractivity contribution in [2.75, 3.05) is 17.3 Å². The van der Waals surface area contributed by atoms with E-state index >= 15 is 0 Å². The molecule has 1 heterocycles. The Hall–Kier alpha value is -1.14. The van der Waals surface area contributed by atoms with Crippen LogP contribution >= 0.6 is 11.3 Å². The number of nitrogens with one attached hydrogen (secondary N) is 1. The topological polar surface area (TPSA) is 59.1 Å². The Morgan fingerprint density at radius 2 is 2.11 bits per heavy atom. The average Bonchev–Trinajstić information content (AvgIpc) is 2.67. The van der Waals surface area contributed by atoms with Crippen molar-refractivity contribution < 1.29 is 8.42 Å². The Kier molecular flexibility index (Phi) is 3.87. The minimum Gasteiger partial charge on any atom is -0.359 e. The van der Waals surface area contributed by atoms with Crippen LogP contribution in [0.15, 0.2) is 24.3 Å². The van der Waals surface area contributed by atoms with Crippen LogP contribution in [0.25, 0.3) is 10.2 Å². The van der Waals surface area contributed by atoms with Gasteiger partial charge in [-0.15, -0.1) is 0 Å². The highest BCUT2D eigenvalue weighted by molar-refractivity contribution is 7.90. The number of sulfone groups is 1. The Labute approximate surface area is 111 Å². The highest BCUT2D eigenvalue weighted by Gasteiger charge is 2.10. The van der Waals surface area contributed by atoms with Gasteiger partial charge in [0.05, 0.1) is 16.0 Å². The summed E-state index contributed by atoms with van der Waals surface area (Å²) in [6.07, 6.45) is 1.85. The van der Waals surface area contributed by atoms with Crippen molar-refractivity contribution in [3.63, 3.8) is 0 Å². The molecular weight excluding hydrogens is 268 g/mol. The molecule has 6 heteroatoms. The number of fused-ring (bicyclic) bond motifs is 1. The van der Waals surface area contributed by atoms with Crippen molar-refractivity contribution in [1.29, 1.82) is 0 Å². The monoisotopic (exact) mass is 284 g/mol. The van der Waals surface area contributed by atoms with Crippen molar-refractivity contribution in [3.8, 4) is 0 Å². The molecule has 4 nitrogen and oxygen atoms in total. The summed E-state index contributed by atoms with van der Waals surface area (Å²) in [5.41, 5.74) is 0.973. The van der Waals surface area contributed by atoms with Gasteiger partial charge in [-0.3, -0.25) is 0 Å². The van der Waals surface area contributed by atoms with Crippen molar-refractivity contribution in [3.05, 3.63) is 24.3 Å². The number of aromatic nitrogens is 1. The number of para-hydroxylation sites is 1. The van der Waals surface area contributed by atoms with Gasteiger partial charge in [-0.1, -0.05) is 23.5 Å². The third kappa shape index (κ3) is 3.68. The molecule has 2 rings (SSSR count). The van der Waals surface area contributed by atoms with Gasteiger partial charge in [-0.05, 0) is 25.5 Å². The second kappa shape index (κ2) is 5.24. The third-order valence-corrected chi connectivity index (χ3v) is 4.53. The van der Waals surface area contributed by atoms with E-state index in [4.69, 9.17) is 0 Å². The molecule has 0 saturated heterocycles. The molecule has 0 fully saturated rings. The first-order valence-electron chi connectivity index (χ1n) is 5.74. The molecule has 2 aromatic rings. The maximum Gasteiger partial charge on any atom is 0.183 e.